The SMILES string of the molecule is NCC1(C(=O)NCCC(=O)N2CCOCC2)CCC1. The average molecular weight is 269 g/mol. The molecule has 0 aromatic rings. The van der Waals surface area contributed by atoms with Crippen molar-refractivity contribution in [3.05, 3.63) is 0 Å². The molecular weight excluding hydrogens is 246 g/mol. The average Bonchev–Trinajstić information content (AvgIpc) is 2.39. The van der Waals surface area contributed by atoms with Crippen LogP contribution in [0.1, 0.15) is 25.7 Å². The molecular formula is C13H23N3O3. The molecule has 2 amide bonds. The molecule has 0 radical (unpaired) electrons. The van der Waals surface area contributed by atoms with Crippen molar-refractivity contribution < 1.29 is 14.3 Å². The van der Waals surface area contributed by atoms with Gasteiger partial charge in [0.2, 0.25) is 11.8 Å². The number of amides is 2. The van der Waals surface area contributed by atoms with Crippen molar-refractivity contribution in [1.82, 2.24) is 10.2 Å². The number of carbonyl (C=O) groups excluding carboxylic acids is 2. The molecule has 2 fully saturated rings. The highest BCUT2D eigenvalue weighted by Gasteiger charge is 2.42. The zero-order chi connectivity index (χ0) is 13.7. The van der Waals surface area contributed by atoms with Gasteiger partial charge in [0, 0.05) is 32.6 Å². The molecule has 19 heavy (non-hydrogen) atoms. The minimum atomic E-state index is -0.359. The number of nitrogens with zero attached hydrogens (tertiary/aromatic N) is 1. The van der Waals surface area contributed by atoms with Crippen LogP contribution in [-0.4, -0.2) is 56.1 Å². The molecule has 6 heteroatoms. The van der Waals surface area contributed by atoms with Crippen molar-refractivity contribution in [2.75, 3.05) is 39.4 Å². The first-order chi connectivity index (χ1) is 9.18. The highest BCUT2D eigenvalue weighted by Crippen LogP contribution is 2.39. The number of nitrogens with two attached hydrogens (primary N) is 1. The van der Waals surface area contributed by atoms with Crippen molar-refractivity contribution >= 4 is 11.8 Å². The van der Waals surface area contributed by atoms with Gasteiger partial charge in [-0.1, -0.05) is 6.42 Å². The smallest absolute Gasteiger partial charge is 0.227 e. The molecule has 1 aliphatic heterocycles. The summed E-state index contributed by atoms with van der Waals surface area (Å²) in [6.45, 7) is 3.31. The third-order valence-corrected chi connectivity index (χ3v) is 4.17. The van der Waals surface area contributed by atoms with Crippen molar-refractivity contribution in [3.63, 3.8) is 0 Å². The molecule has 0 unspecified atom stereocenters. The lowest BCUT2D eigenvalue weighted by molar-refractivity contribution is -0.136. The van der Waals surface area contributed by atoms with E-state index >= 15 is 0 Å². The van der Waals surface area contributed by atoms with Crippen molar-refractivity contribution in [2.45, 2.75) is 25.7 Å². The van der Waals surface area contributed by atoms with Gasteiger partial charge in [-0.2, -0.15) is 0 Å². The summed E-state index contributed by atoms with van der Waals surface area (Å²) in [5.74, 6) is 0.0926. The Balaban J connectivity index is 1.68. The number of rotatable bonds is 5. The standard InChI is InChI=1S/C13H23N3O3/c14-10-13(3-1-4-13)12(18)15-5-2-11(17)16-6-8-19-9-7-16/h1-10,14H2,(H,15,18). The molecule has 2 aliphatic rings. The fourth-order valence-electron chi connectivity index (χ4n) is 2.57. The van der Waals surface area contributed by atoms with Gasteiger partial charge >= 0.3 is 0 Å². The van der Waals surface area contributed by atoms with Gasteiger partial charge in [-0.25, -0.2) is 0 Å². The van der Waals surface area contributed by atoms with Gasteiger partial charge in [-0.15, -0.1) is 0 Å². The second-order valence-corrected chi connectivity index (χ2v) is 5.34. The van der Waals surface area contributed by atoms with Crippen LogP contribution in [-0.2, 0) is 14.3 Å². The molecule has 1 aliphatic carbocycles. The van der Waals surface area contributed by atoms with Crippen LogP contribution < -0.4 is 11.1 Å². The van der Waals surface area contributed by atoms with E-state index in [1.54, 1.807) is 4.90 Å². The van der Waals surface area contributed by atoms with E-state index < -0.39 is 0 Å². The van der Waals surface area contributed by atoms with Crippen LogP contribution in [0.2, 0.25) is 0 Å². The molecule has 3 N–H and O–H groups in total. The summed E-state index contributed by atoms with van der Waals surface area (Å²) >= 11 is 0. The predicted octanol–water partition coefficient (Wildman–Crippen LogP) is -0.519. The summed E-state index contributed by atoms with van der Waals surface area (Å²) in [6.07, 6.45) is 3.16. The topological polar surface area (TPSA) is 84.7 Å². The molecule has 108 valence electrons. The Morgan fingerprint density at radius 3 is 2.47 bits per heavy atom. The van der Waals surface area contributed by atoms with E-state index in [2.05, 4.69) is 5.32 Å². The van der Waals surface area contributed by atoms with Crippen molar-refractivity contribution in [1.29, 1.82) is 0 Å². The number of nitrogens with one attached hydrogen (secondary N) is 1. The van der Waals surface area contributed by atoms with Gasteiger partial charge in [0.05, 0.1) is 18.6 Å². The molecule has 0 spiro atoms. The van der Waals surface area contributed by atoms with Crippen LogP contribution in [0.15, 0.2) is 0 Å². The molecule has 0 bridgehead atoms. The Labute approximate surface area is 113 Å². The quantitative estimate of drug-likeness (QED) is 0.703. The summed E-state index contributed by atoms with van der Waals surface area (Å²) in [5.41, 5.74) is 5.31. The maximum atomic E-state index is 12.0. The Bertz CT molecular complexity index is 331. The summed E-state index contributed by atoms with van der Waals surface area (Å²) in [4.78, 5) is 25.7. The Kier molecular flexibility index (Phi) is 4.76. The van der Waals surface area contributed by atoms with Crippen LogP contribution in [0.3, 0.4) is 0 Å². The van der Waals surface area contributed by atoms with Crippen molar-refractivity contribution in [2.24, 2.45) is 11.1 Å². The molecule has 0 atom stereocenters. The largest absolute Gasteiger partial charge is 0.378 e. The molecule has 0 aromatic heterocycles. The molecule has 1 saturated carbocycles. The van der Waals surface area contributed by atoms with Crippen molar-refractivity contribution in [3.8, 4) is 0 Å². The summed E-state index contributed by atoms with van der Waals surface area (Å²) in [5, 5.41) is 2.85. The van der Waals surface area contributed by atoms with Gasteiger partial charge < -0.3 is 20.7 Å². The van der Waals surface area contributed by atoms with Crippen LogP contribution in [0, 0.1) is 5.41 Å². The minimum Gasteiger partial charge on any atom is -0.378 e. The maximum Gasteiger partial charge on any atom is 0.227 e. The Hall–Kier alpha value is -1.14. The van der Waals surface area contributed by atoms with Gasteiger partial charge in [0.1, 0.15) is 0 Å². The Morgan fingerprint density at radius 1 is 1.26 bits per heavy atom. The monoisotopic (exact) mass is 269 g/mol. The van der Waals surface area contributed by atoms with E-state index in [0.717, 1.165) is 19.3 Å². The Morgan fingerprint density at radius 2 is 1.95 bits per heavy atom. The van der Waals surface area contributed by atoms with Gasteiger partial charge in [0.15, 0.2) is 0 Å². The predicted molar refractivity (Wildman–Crippen MR) is 70.4 cm³/mol. The number of ether oxygens (including phenoxy) is 1. The number of morpholine rings is 1. The lowest BCUT2D eigenvalue weighted by atomic mass is 9.68. The molecule has 6 nitrogen and oxygen atoms in total. The highest BCUT2D eigenvalue weighted by atomic mass is 16.5. The summed E-state index contributed by atoms with van der Waals surface area (Å²) in [7, 11) is 0. The van der Waals surface area contributed by atoms with E-state index in [0.29, 0.717) is 45.8 Å². The lowest BCUT2D eigenvalue weighted by Crippen LogP contribution is -2.51. The first kappa shape index (κ1) is 14.3. The number of hydrogen-bond acceptors (Lipinski definition) is 4. The first-order valence-electron chi connectivity index (χ1n) is 7.02. The van der Waals surface area contributed by atoms with Gasteiger partial charge in [0.25, 0.3) is 0 Å². The fraction of sp³-hybridized carbons (Fsp3) is 0.846. The van der Waals surface area contributed by atoms with E-state index in [1.807, 2.05) is 0 Å². The summed E-state index contributed by atoms with van der Waals surface area (Å²) < 4.78 is 5.20. The highest BCUT2D eigenvalue weighted by molar-refractivity contribution is 5.84. The summed E-state index contributed by atoms with van der Waals surface area (Å²) in [6, 6.07) is 0. The van der Waals surface area contributed by atoms with Crippen LogP contribution in [0.25, 0.3) is 0 Å². The van der Waals surface area contributed by atoms with Crippen LogP contribution >= 0.6 is 0 Å². The molecule has 1 saturated heterocycles. The molecule has 2 rings (SSSR count). The second-order valence-electron chi connectivity index (χ2n) is 5.34. The van der Waals surface area contributed by atoms with Crippen LogP contribution in [0.5, 0.6) is 0 Å². The first-order valence-corrected chi connectivity index (χ1v) is 7.02. The normalized spacial score (nSPS) is 21.6. The van der Waals surface area contributed by atoms with E-state index in [9.17, 15) is 9.59 Å². The lowest BCUT2D eigenvalue weighted by Gasteiger charge is -2.39. The van der Waals surface area contributed by atoms with Crippen LogP contribution in [0.4, 0.5) is 0 Å². The number of carbonyl (C=O) groups is 2. The third-order valence-electron chi connectivity index (χ3n) is 4.17. The second kappa shape index (κ2) is 6.34. The van der Waals surface area contributed by atoms with Gasteiger partial charge in [-0.3, -0.25) is 9.59 Å². The van der Waals surface area contributed by atoms with E-state index in [4.69, 9.17) is 10.5 Å². The maximum absolute atomic E-state index is 12.0. The third kappa shape index (κ3) is 3.25. The number of hydrogen-bond donors (Lipinski definition) is 2. The zero-order valence-electron chi connectivity index (χ0n) is 11.3. The van der Waals surface area contributed by atoms with E-state index in [1.165, 1.54) is 0 Å². The fourth-order valence-corrected chi connectivity index (χ4v) is 2.57. The molecule has 1 heterocycles. The minimum absolute atomic E-state index is 0.0102. The zero-order valence-corrected chi connectivity index (χ0v) is 11.3. The van der Waals surface area contributed by atoms with Gasteiger partial charge in [-0.05, 0) is 12.8 Å². The molecule has 0 aromatic carbocycles. The van der Waals surface area contributed by atoms with E-state index in [-0.39, 0.29) is 17.2 Å².